The molecule has 5 heavy (non-hydrogen) atoms. The SMILES string of the molecule is [Ag].[Li].[O]=[Ge].[S]. The van der Waals surface area contributed by atoms with E-state index in [1.54, 1.807) is 0 Å². The summed E-state index contributed by atoms with van der Waals surface area (Å²) in [6, 6.07) is 0. The fourth-order valence-electron chi connectivity index (χ4n) is 0. The second-order valence-corrected chi connectivity index (χ2v) is 0. The van der Waals surface area contributed by atoms with Gasteiger partial charge in [-0.05, 0) is 0 Å². The summed E-state index contributed by atoms with van der Waals surface area (Å²) in [7, 11) is 0. The molecule has 1 nitrogen and oxygen atoms in total. The van der Waals surface area contributed by atoms with Gasteiger partial charge in [-0.25, -0.2) is 0 Å². The average molecular weight is 235 g/mol. The van der Waals surface area contributed by atoms with Crippen molar-refractivity contribution < 1.29 is 26.2 Å². The zero-order valence-corrected chi connectivity index (χ0v) is 7.01. The minimum Gasteiger partial charge on any atom is 0 e. The van der Waals surface area contributed by atoms with Crippen molar-refractivity contribution in [2.75, 3.05) is 0 Å². The van der Waals surface area contributed by atoms with Crippen LogP contribution >= 0.6 is 13.5 Å². The third-order valence-corrected chi connectivity index (χ3v) is 0. The molecule has 0 unspecified atom stereocenters. The standard InChI is InChI=1S/Ag.GeO.Li.S/c;1-2;;. The fraction of sp³-hybridized carbons (Fsp3) is 0. The van der Waals surface area contributed by atoms with Gasteiger partial charge in [0.1, 0.15) is 0 Å². The van der Waals surface area contributed by atoms with Gasteiger partial charge in [0.05, 0.1) is 0 Å². The number of hydrogen-bond acceptors (Lipinski definition) is 1. The second kappa shape index (κ2) is 37.0. The molecule has 5 heteroatoms. The topological polar surface area (TPSA) is 17.1 Å². The maximum Gasteiger partial charge on any atom is 0 e. The van der Waals surface area contributed by atoms with Crippen molar-refractivity contribution >= 4 is 48.8 Å². The molecule has 0 rings (SSSR count). The van der Waals surface area contributed by atoms with Crippen LogP contribution in [0, 0.1) is 0 Å². The first-order valence-electron chi connectivity index (χ1n) is 0.204. The van der Waals surface area contributed by atoms with Gasteiger partial charge in [0.15, 0.2) is 0 Å². The van der Waals surface area contributed by atoms with Crippen molar-refractivity contribution in [3.63, 3.8) is 0 Å². The van der Waals surface area contributed by atoms with E-state index in [0.29, 0.717) is 0 Å². The Morgan fingerprint density at radius 3 is 1.20 bits per heavy atom. The molecule has 0 aromatic heterocycles. The zero-order valence-electron chi connectivity index (χ0n) is 2.62. The Morgan fingerprint density at radius 2 is 1.20 bits per heavy atom. The van der Waals surface area contributed by atoms with Crippen LogP contribution in [0.3, 0.4) is 0 Å². The minimum atomic E-state index is 0. The van der Waals surface area contributed by atoms with Crippen LogP contribution in [0.1, 0.15) is 0 Å². The van der Waals surface area contributed by atoms with Gasteiger partial charge in [0.25, 0.3) is 0 Å². The predicted octanol–water partition coefficient (Wildman–Crippen LogP) is -0.235. The zero-order chi connectivity index (χ0) is 2.00. The molecule has 0 fully saturated rings. The van der Waals surface area contributed by atoms with Crippen LogP contribution < -0.4 is 0 Å². The third-order valence-electron chi connectivity index (χ3n) is 0. The monoisotopic (exact) mass is 236 g/mol. The van der Waals surface area contributed by atoms with Gasteiger partial charge in [0.2, 0.25) is 0 Å². The summed E-state index contributed by atoms with van der Waals surface area (Å²) in [5.74, 6) is 0. The van der Waals surface area contributed by atoms with Gasteiger partial charge in [-0.3, -0.25) is 0 Å². The molecule has 0 heterocycles. The molecule has 0 saturated carbocycles. The van der Waals surface area contributed by atoms with E-state index in [1.165, 1.54) is 0 Å². The summed E-state index contributed by atoms with van der Waals surface area (Å²) in [5, 5.41) is 0. The van der Waals surface area contributed by atoms with Crippen LogP contribution in [-0.4, -0.2) is 35.3 Å². The Balaban J connectivity index is -0.00000000167. The summed E-state index contributed by atoms with van der Waals surface area (Å²) in [6.45, 7) is 0. The van der Waals surface area contributed by atoms with Crippen LogP contribution in [-0.2, 0) is 26.2 Å². The van der Waals surface area contributed by atoms with E-state index in [2.05, 4.69) is 0 Å². The molecule has 0 aliphatic carbocycles. The van der Waals surface area contributed by atoms with Gasteiger partial charge in [-0.1, -0.05) is 0 Å². The molecule has 0 bridgehead atoms. The molecule has 0 aromatic carbocycles. The quantitative estimate of drug-likeness (QED) is 0.530. The van der Waals surface area contributed by atoms with E-state index in [4.69, 9.17) is 3.78 Å². The maximum atomic E-state index is 8.25. The first-order chi connectivity index (χ1) is 1.00. The minimum absolute atomic E-state index is 0. The Bertz CT molecular complexity index is 11.6. The predicted molar refractivity (Wildman–Crippen MR) is 19.8 cm³/mol. The van der Waals surface area contributed by atoms with Gasteiger partial charge < -0.3 is 0 Å². The van der Waals surface area contributed by atoms with Crippen LogP contribution in [0.4, 0.5) is 0 Å². The van der Waals surface area contributed by atoms with Crippen molar-refractivity contribution in [2.24, 2.45) is 0 Å². The first-order valence-corrected chi connectivity index (χ1v) is 1.06. The smallest absolute Gasteiger partial charge is 0 e. The fourth-order valence-corrected chi connectivity index (χ4v) is 0. The summed E-state index contributed by atoms with van der Waals surface area (Å²) < 4.78 is 8.25. The van der Waals surface area contributed by atoms with Gasteiger partial charge in [-0.2, -0.15) is 0 Å². The van der Waals surface area contributed by atoms with Crippen molar-refractivity contribution in [3.8, 4) is 0 Å². The Labute approximate surface area is 74.2 Å². The summed E-state index contributed by atoms with van der Waals surface area (Å²) in [4.78, 5) is 0. The van der Waals surface area contributed by atoms with Crippen LogP contribution in [0.25, 0.3) is 0 Å². The van der Waals surface area contributed by atoms with E-state index in [0.717, 1.165) is 16.5 Å². The van der Waals surface area contributed by atoms with E-state index in [-0.39, 0.29) is 54.7 Å². The maximum absolute atomic E-state index is 8.25. The molecule has 6 radical (unpaired) electrons. The molecule has 0 aliphatic heterocycles. The molecule has 0 saturated heterocycles. The van der Waals surface area contributed by atoms with E-state index in [9.17, 15) is 0 Å². The summed E-state index contributed by atoms with van der Waals surface area (Å²) in [5.41, 5.74) is 0. The van der Waals surface area contributed by atoms with E-state index in [1.807, 2.05) is 0 Å². The van der Waals surface area contributed by atoms with Gasteiger partial charge in [0, 0.05) is 54.7 Å². The van der Waals surface area contributed by atoms with Crippen LogP contribution in [0.2, 0.25) is 0 Å². The Kier molecular flexibility index (Phi) is 206. The van der Waals surface area contributed by atoms with Crippen molar-refractivity contribution in [1.82, 2.24) is 0 Å². The second-order valence-electron chi connectivity index (χ2n) is 0. The third kappa shape index (κ3) is 23.8. The molecule has 0 N–H and O–H groups in total. The number of rotatable bonds is 0. The molecule has 0 aromatic rings. The van der Waals surface area contributed by atoms with E-state index >= 15 is 0 Å². The molecule has 28 valence electrons. The largest absolute Gasteiger partial charge is 0 e. The molecule has 0 spiro atoms. The van der Waals surface area contributed by atoms with E-state index < -0.39 is 0 Å². The van der Waals surface area contributed by atoms with Gasteiger partial charge >= 0.3 is 20.2 Å². The van der Waals surface area contributed by atoms with Crippen molar-refractivity contribution in [1.29, 1.82) is 0 Å². The van der Waals surface area contributed by atoms with Crippen LogP contribution in [0.5, 0.6) is 0 Å². The first kappa shape index (κ1) is 27.8. The Morgan fingerprint density at radius 1 is 1.20 bits per heavy atom. The van der Waals surface area contributed by atoms with Crippen molar-refractivity contribution in [2.45, 2.75) is 0 Å². The summed E-state index contributed by atoms with van der Waals surface area (Å²) in [6.07, 6.45) is 0. The molecule has 0 aliphatic rings. The van der Waals surface area contributed by atoms with Crippen molar-refractivity contribution in [3.05, 3.63) is 0 Å². The molecule has 0 atom stereocenters. The molecule has 0 amide bonds. The molecular weight excluding hydrogens is 235 g/mol. The average Bonchev–Trinajstić information content (AvgIpc) is 1.00. The normalized spacial score (nSPS) is 0.800. The number of hydrogen-bond donors (Lipinski definition) is 0. The molecular formula is AgGeLiOS. The summed E-state index contributed by atoms with van der Waals surface area (Å²) >= 11 is 0.750. The Hall–Kier alpha value is 2.03. The van der Waals surface area contributed by atoms with Crippen LogP contribution in [0.15, 0.2) is 0 Å². The van der Waals surface area contributed by atoms with Gasteiger partial charge in [-0.15, -0.1) is 0 Å².